The molecule has 108 valence electrons. The van der Waals surface area contributed by atoms with Crippen molar-refractivity contribution in [1.29, 1.82) is 0 Å². The molecule has 0 bridgehead atoms. The van der Waals surface area contributed by atoms with E-state index in [1.807, 2.05) is 0 Å². The lowest BCUT2D eigenvalue weighted by atomic mass is 10.1. The SMILES string of the molecule is Nc1ccc(N(CCO)CC(F)(F)F)c2cccnc12. The summed E-state index contributed by atoms with van der Waals surface area (Å²) < 4.78 is 37.9. The molecule has 1 heterocycles. The zero-order chi connectivity index (χ0) is 14.8. The van der Waals surface area contributed by atoms with Gasteiger partial charge in [-0.3, -0.25) is 4.98 Å². The first kappa shape index (κ1) is 14.4. The van der Waals surface area contributed by atoms with Gasteiger partial charge in [-0.1, -0.05) is 0 Å². The number of pyridine rings is 1. The van der Waals surface area contributed by atoms with Crippen molar-refractivity contribution in [2.24, 2.45) is 0 Å². The van der Waals surface area contributed by atoms with Gasteiger partial charge in [0.2, 0.25) is 0 Å². The normalized spacial score (nSPS) is 11.8. The Kier molecular flexibility index (Phi) is 3.99. The highest BCUT2D eigenvalue weighted by molar-refractivity contribution is 5.98. The van der Waals surface area contributed by atoms with Crippen LogP contribution in [0.25, 0.3) is 10.9 Å². The van der Waals surface area contributed by atoms with Gasteiger partial charge < -0.3 is 15.7 Å². The lowest BCUT2D eigenvalue weighted by Crippen LogP contribution is -2.36. The summed E-state index contributed by atoms with van der Waals surface area (Å²) in [4.78, 5) is 5.16. The smallest absolute Gasteiger partial charge is 0.397 e. The standard InChI is InChI=1S/C13H14F3N3O/c14-13(15,16)8-19(6-7-20)11-4-3-10(17)12-9(11)2-1-5-18-12/h1-5,20H,6-8,17H2. The molecule has 0 atom stereocenters. The van der Waals surface area contributed by atoms with Gasteiger partial charge in [0.15, 0.2) is 0 Å². The van der Waals surface area contributed by atoms with Crippen LogP contribution in [0.1, 0.15) is 0 Å². The van der Waals surface area contributed by atoms with E-state index in [0.717, 1.165) is 4.90 Å². The maximum Gasteiger partial charge on any atom is 0.405 e. The Balaban J connectivity index is 2.51. The first-order chi connectivity index (χ1) is 9.42. The fourth-order valence-electron chi connectivity index (χ4n) is 2.08. The molecule has 3 N–H and O–H groups in total. The van der Waals surface area contributed by atoms with Crippen LogP contribution in [0.15, 0.2) is 30.5 Å². The van der Waals surface area contributed by atoms with E-state index in [-0.39, 0.29) is 13.2 Å². The molecular weight excluding hydrogens is 271 g/mol. The third-order valence-corrected chi connectivity index (χ3v) is 2.86. The Hall–Kier alpha value is -2.02. The van der Waals surface area contributed by atoms with Crippen LogP contribution >= 0.6 is 0 Å². The first-order valence-electron chi connectivity index (χ1n) is 5.98. The second-order valence-electron chi connectivity index (χ2n) is 4.33. The van der Waals surface area contributed by atoms with E-state index in [1.165, 1.54) is 18.3 Å². The number of rotatable bonds is 4. The predicted molar refractivity (Wildman–Crippen MR) is 71.5 cm³/mol. The van der Waals surface area contributed by atoms with Crippen molar-refractivity contribution >= 4 is 22.3 Å². The minimum Gasteiger partial charge on any atom is -0.397 e. The van der Waals surface area contributed by atoms with Gasteiger partial charge in [0.05, 0.1) is 17.8 Å². The van der Waals surface area contributed by atoms with Crippen molar-refractivity contribution in [1.82, 2.24) is 4.98 Å². The molecule has 1 aromatic carbocycles. The summed E-state index contributed by atoms with van der Waals surface area (Å²) >= 11 is 0. The second-order valence-corrected chi connectivity index (χ2v) is 4.33. The molecule has 2 aromatic rings. The summed E-state index contributed by atoms with van der Waals surface area (Å²) in [5.41, 5.74) is 6.99. The number of aliphatic hydroxyl groups is 1. The number of aromatic nitrogens is 1. The Labute approximate surface area is 113 Å². The summed E-state index contributed by atoms with van der Waals surface area (Å²) in [6.07, 6.45) is -2.83. The minimum absolute atomic E-state index is 0.118. The number of halogens is 3. The largest absolute Gasteiger partial charge is 0.405 e. The number of fused-ring (bicyclic) bond motifs is 1. The molecule has 0 spiro atoms. The van der Waals surface area contributed by atoms with Gasteiger partial charge in [-0.05, 0) is 24.3 Å². The van der Waals surface area contributed by atoms with Crippen molar-refractivity contribution in [2.75, 3.05) is 30.3 Å². The molecule has 0 unspecified atom stereocenters. The topological polar surface area (TPSA) is 62.4 Å². The molecule has 0 saturated heterocycles. The number of benzene rings is 1. The number of anilines is 2. The summed E-state index contributed by atoms with van der Waals surface area (Å²) in [7, 11) is 0. The Morgan fingerprint density at radius 3 is 2.65 bits per heavy atom. The maximum atomic E-state index is 12.6. The number of nitrogen functional groups attached to an aromatic ring is 1. The van der Waals surface area contributed by atoms with Crippen molar-refractivity contribution in [3.8, 4) is 0 Å². The fraction of sp³-hybridized carbons (Fsp3) is 0.308. The number of aliphatic hydroxyl groups excluding tert-OH is 1. The monoisotopic (exact) mass is 285 g/mol. The van der Waals surface area contributed by atoms with E-state index in [4.69, 9.17) is 10.8 Å². The van der Waals surface area contributed by atoms with Crippen LogP contribution in [0.5, 0.6) is 0 Å². The van der Waals surface area contributed by atoms with Crippen LogP contribution in [0, 0.1) is 0 Å². The zero-order valence-electron chi connectivity index (χ0n) is 10.6. The molecule has 0 saturated carbocycles. The van der Waals surface area contributed by atoms with Gasteiger partial charge in [0, 0.05) is 23.8 Å². The number of hydrogen-bond donors (Lipinski definition) is 2. The van der Waals surface area contributed by atoms with E-state index >= 15 is 0 Å². The predicted octanol–water partition coefficient (Wildman–Crippen LogP) is 2.18. The van der Waals surface area contributed by atoms with Crippen LogP contribution in [-0.4, -0.2) is 36.0 Å². The van der Waals surface area contributed by atoms with Crippen LogP contribution in [0.4, 0.5) is 24.5 Å². The molecule has 2 rings (SSSR count). The van der Waals surface area contributed by atoms with E-state index in [9.17, 15) is 13.2 Å². The van der Waals surface area contributed by atoms with Gasteiger partial charge in [0.1, 0.15) is 6.54 Å². The lowest BCUT2D eigenvalue weighted by Gasteiger charge is -2.26. The number of nitrogens with two attached hydrogens (primary N) is 1. The third-order valence-electron chi connectivity index (χ3n) is 2.86. The lowest BCUT2D eigenvalue weighted by molar-refractivity contribution is -0.119. The number of hydrogen-bond acceptors (Lipinski definition) is 4. The number of nitrogens with zero attached hydrogens (tertiary/aromatic N) is 2. The first-order valence-corrected chi connectivity index (χ1v) is 5.98. The quantitative estimate of drug-likeness (QED) is 0.845. The fourth-order valence-corrected chi connectivity index (χ4v) is 2.08. The molecular formula is C13H14F3N3O. The van der Waals surface area contributed by atoms with Crippen molar-refractivity contribution in [2.45, 2.75) is 6.18 Å². The average Bonchev–Trinajstić information content (AvgIpc) is 2.37. The molecule has 20 heavy (non-hydrogen) atoms. The van der Waals surface area contributed by atoms with Gasteiger partial charge >= 0.3 is 6.18 Å². The highest BCUT2D eigenvalue weighted by Gasteiger charge is 2.31. The molecule has 0 radical (unpaired) electrons. The Bertz CT molecular complexity index is 601. The molecule has 0 aliphatic rings. The van der Waals surface area contributed by atoms with Crippen molar-refractivity contribution in [3.05, 3.63) is 30.5 Å². The molecule has 0 fully saturated rings. The molecule has 0 aliphatic heterocycles. The zero-order valence-corrected chi connectivity index (χ0v) is 10.6. The van der Waals surface area contributed by atoms with Crippen molar-refractivity contribution in [3.63, 3.8) is 0 Å². The summed E-state index contributed by atoms with van der Waals surface area (Å²) in [6, 6.07) is 6.33. The van der Waals surface area contributed by atoms with E-state index in [2.05, 4.69) is 4.98 Å². The Morgan fingerprint density at radius 2 is 2.00 bits per heavy atom. The third kappa shape index (κ3) is 3.11. The molecule has 0 amide bonds. The number of alkyl halides is 3. The molecule has 4 nitrogen and oxygen atoms in total. The van der Waals surface area contributed by atoms with Gasteiger partial charge in [-0.25, -0.2) is 0 Å². The van der Waals surface area contributed by atoms with Crippen LogP contribution in [0.3, 0.4) is 0 Å². The molecule has 7 heteroatoms. The average molecular weight is 285 g/mol. The highest BCUT2D eigenvalue weighted by atomic mass is 19.4. The van der Waals surface area contributed by atoms with Gasteiger partial charge in [-0.2, -0.15) is 13.2 Å². The van der Waals surface area contributed by atoms with E-state index in [0.29, 0.717) is 22.3 Å². The van der Waals surface area contributed by atoms with E-state index < -0.39 is 12.7 Å². The Morgan fingerprint density at radius 1 is 1.25 bits per heavy atom. The van der Waals surface area contributed by atoms with E-state index in [1.54, 1.807) is 12.1 Å². The van der Waals surface area contributed by atoms with Gasteiger partial charge in [0.25, 0.3) is 0 Å². The van der Waals surface area contributed by atoms with Crippen LogP contribution in [-0.2, 0) is 0 Å². The molecule has 0 aliphatic carbocycles. The second kappa shape index (κ2) is 5.54. The maximum absolute atomic E-state index is 12.6. The summed E-state index contributed by atoms with van der Waals surface area (Å²) in [5, 5.41) is 9.50. The van der Waals surface area contributed by atoms with Crippen LogP contribution in [0.2, 0.25) is 0 Å². The molecule has 1 aromatic heterocycles. The van der Waals surface area contributed by atoms with Gasteiger partial charge in [-0.15, -0.1) is 0 Å². The summed E-state index contributed by atoms with van der Waals surface area (Å²) in [6.45, 7) is -1.63. The summed E-state index contributed by atoms with van der Waals surface area (Å²) in [5.74, 6) is 0. The van der Waals surface area contributed by atoms with Crippen molar-refractivity contribution < 1.29 is 18.3 Å². The highest BCUT2D eigenvalue weighted by Crippen LogP contribution is 2.31. The minimum atomic E-state index is -4.36. The van der Waals surface area contributed by atoms with Crippen LogP contribution < -0.4 is 10.6 Å².